The lowest BCUT2D eigenvalue weighted by Crippen LogP contribution is -2.45. The molecule has 4 rings (SSSR count). The van der Waals surface area contributed by atoms with E-state index in [1.54, 1.807) is 42.5 Å². The second-order valence-corrected chi connectivity index (χ2v) is 7.53. The van der Waals surface area contributed by atoms with E-state index in [4.69, 9.17) is 4.74 Å². The number of aromatic nitrogens is 3. The SMILES string of the molecule is O=C(Nc1cccnn1)N1CC/C(=C/c2cccc(Oc3ccc(C(F)(F)F)cn3)c2)[C@@H](O)C1. The number of aliphatic hydroxyl groups is 1. The number of carbonyl (C=O) groups is 1. The van der Waals surface area contributed by atoms with Gasteiger partial charge in [-0.3, -0.25) is 5.32 Å². The Morgan fingerprint density at radius 2 is 2.06 bits per heavy atom. The first-order valence-corrected chi connectivity index (χ1v) is 10.3. The van der Waals surface area contributed by atoms with Gasteiger partial charge in [0, 0.05) is 25.0 Å². The van der Waals surface area contributed by atoms with Crippen LogP contribution in [0.5, 0.6) is 11.6 Å². The number of piperidine rings is 1. The summed E-state index contributed by atoms with van der Waals surface area (Å²) in [6.45, 7) is 0.518. The number of rotatable bonds is 4. The average molecular weight is 471 g/mol. The number of likely N-dealkylation sites (tertiary alicyclic amines) is 1. The fraction of sp³-hybridized carbons (Fsp3) is 0.217. The molecule has 1 saturated heterocycles. The molecule has 0 radical (unpaired) electrons. The molecule has 176 valence electrons. The first-order valence-electron chi connectivity index (χ1n) is 10.3. The maximum atomic E-state index is 12.7. The van der Waals surface area contributed by atoms with Crippen molar-refractivity contribution in [3.8, 4) is 11.6 Å². The van der Waals surface area contributed by atoms with Crippen LogP contribution in [-0.2, 0) is 6.18 Å². The summed E-state index contributed by atoms with van der Waals surface area (Å²) in [6, 6.07) is 11.8. The number of hydrogen-bond donors (Lipinski definition) is 2. The van der Waals surface area contributed by atoms with Gasteiger partial charge in [0.2, 0.25) is 5.88 Å². The van der Waals surface area contributed by atoms with Crippen molar-refractivity contribution in [1.29, 1.82) is 0 Å². The van der Waals surface area contributed by atoms with Crippen molar-refractivity contribution in [1.82, 2.24) is 20.1 Å². The molecule has 2 amide bonds. The number of benzene rings is 1. The largest absolute Gasteiger partial charge is 0.439 e. The summed E-state index contributed by atoms with van der Waals surface area (Å²) >= 11 is 0. The van der Waals surface area contributed by atoms with Gasteiger partial charge in [0.25, 0.3) is 0 Å². The number of halogens is 3. The molecule has 2 aromatic heterocycles. The molecule has 3 heterocycles. The van der Waals surface area contributed by atoms with Crippen molar-refractivity contribution in [3.63, 3.8) is 0 Å². The number of carbonyl (C=O) groups excluding carboxylic acids is 1. The van der Waals surface area contributed by atoms with Crippen molar-refractivity contribution in [2.45, 2.75) is 18.7 Å². The molecule has 8 nitrogen and oxygen atoms in total. The maximum Gasteiger partial charge on any atom is 0.417 e. The van der Waals surface area contributed by atoms with Crippen LogP contribution in [0, 0.1) is 0 Å². The molecule has 34 heavy (non-hydrogen) atoms. The Kier molecular flexibility index (Phi) is 6.73. The number of anilines is 1. The number of aliphatic hydroxyl groups excluding tert-OH is 1. The Labute approximate surface area is 192 Å². The molecule has 0 aliphatic carbocycles. The molecule has 1 aliphatic heterocycles. The summed E-state index contributed by atoms with van der Waals surface area (Å²) in [5, 5.41) is 20.7. The highest BCUT2D eigenvalue weighted by Gasteiger charge is 2.30. The number of pyridine rings is 1. The fourth-order valence-corrected chi connectivity index (χ4v) is 3.37. The van der Waals surface area contributed by atoms with Crippen LogP contribution in [0.3, 0.4) is 0 Å². The molecule has 2 N–H and O–H groups in total. The standard InChI is InChI=1S/C23H20F3N5O3/c24-23(25,26)17-6-7-21(27-13-17)34-18-4-1-3-15(12-18)11-16-8-10-31(14-19(16)32)22(33)29-20-5-2-9-28-30-20/h1-7,9,11-13,19,32H,8,10,14H2,(H,29,30,33)/b16-11-/t19-/m0/s1. The summed E-state index contributed by atoms with van der Waals surface area (Å²) in [5.74, 6) is 0.736. The number of alkyl halides is 3. The Hall–Kier alpha value is -3.99. The van der Waals surface area contributed by atoms with Crippen LogP contribution in [0.2, 0.25) is 0 Å². The second-order valence-electron chi connectivity index (χ2n) is 7.53. The Balaban J connectivity index is 1.39. The van der Waals surface area contributed by atoms with Gasteiger partial charge in [-0.05, 0) is 47.9 Å². The summed E-state index contributed by atoms with van der Waals surface area (Å²) in [6.07, 6.45) is -0.855. The van der Waals surface area contributed by atoms with E-state index in [0.29, 0.717) is 30.7 Å². The van der Waals surface area contributed by atoms with Gasteiger partial charge < -0.3 is 14.7 Å². The van der Waals surface area contributed by atoms with E-state index >= 15 is 0 Å². The molecule has 1 aliphatic rings. The number of β-amino-alcohol motifs (C(OH)–C–C–N with tert-alkyl or cyclic N) is 1. The predicted octanol–water partition coefficient (Wildman–Crippen LogP) is 4.36. The fourth-order valence-electron chi connectivity index (χ4n) is 3.37. The third-order valence-electron chi connectivity index (χ3n) is 5.08. The number of hydrogen-bond acceptors (Lipinski definition) is 6. The minimum atomic E-state index is -4.47. The topological polar surface area (TPSA) is 100 Å². The summed E-state index contributed by atoms with van der Waals surface area (Å²) in [7, 11) is 0. The van der Waals surface area contributed by atoms with E-state index in [1.807, 2.05) is 0 Å². The van der Waals surface area contributed by atoms with E-state index in [0.717, 1.165) is 23.3 Å². The average Bonchev–Trinajstić information content (AvgIpc) is 2.81. The molecule has 1 atom stereocenters. The number of ether oxygens (including phenoxy) is 1. The van der Waals surface area contributed by atoms with Crippen molar-refractivity contribution in [3.05, 3.63) is 77.6 Å². The summed E-state index contributed by atoms with van der Waals surface area (Å²) in [5.41, 5.74) is 0.619. The van der Waals surface area contributed by atoms with Crippen LogP contribution >= 0.6 is 0 Å². The van der Waals surface area contributed by atoms with Crippen LogP contribution in [-0.4, -0.2) is 50.4 Å². The minimum Gasteiger partial charge on any atom is -0.439 e. The van der Waals surface area contributed by atoms with E-state index < -0.39 is 17.8 Å². The smallest absolute Gasteiger partial charge is 0.417 e. The number of urea groups is 1. The lowest BCUT2D eigenvalue weighted by atomic mass is 9.98. The molecule has 3 aromatic rings. The molecular weight excluding hydrogens is 451 g/mol. The van der Waals surface area contributed by atoms with Crippen LogP contribution < -0.4 is 10.1 Å². The van der Waals surface area contributed by atoms with Gasteiger partial charge in [-0.2, -0.15) is 18.3 Å². The number of amides is 2. The summed E-state index contributed by atoms with van der Waals surface area (Å²) < 4.78 is 43.6. The first kappa shape index (κ1) is 23.2. The molecule has 0 spiro atoms. The van der Waals surface area contributed by atoms with Gasteiger partial charge >= 0.3 is 12.2 Å². The highest BCUT2D eigenvalue weighted by Crippen LogP contribution is 2.30. The van der Waals surface area contributed by atoms with E-state index in [1.165, 1.54) is 11.1 Å². The molecule has 11 heteroatoms. The van der Waals surface area contributed by atoms with Crippen LogP contribution in [0.4, 0.5) is 23.8 Å². The highest BCUT2D eigenvalue weighted by molar-refractivity contribution is 5.88. The zero-order valence-corrected chi connectivity index (χ0v) is 17.7. The number of nitrogens with one attached hydrogen (secondary N) is 1. The first-order chi connectivity index (χ1) is 16.3. The zero-order valence-electron chi connectivity index (χ0n) is 17.7. The third kappa shape index (κ3) is 5.87. The number of nitrogens with zero attached hydrogens (tertiary/aromatic N) is 4. The summed E-state index contributed by atoms with van der Waals surface area (Å²) in [4.78, 5) is 17.6. The molecule has 1 aromatic carbocycles. The maximum absolute atomic E-state index is 12.7. The minimum absolute atomic E-state index is 0.0280. The van der Waals surface area contributed by atoms with Gasteiger partial charge in [-0.1, -0.05) is 18.2 Å². The van der Waals surface area contributed by atoms with E-state index in [9.17, 15) is 23.1 Å². The Morgan fingerprint density at radius 1 is 1.21 bits per heavy atom. The van der Waals surface area contributed by atoms with Crippen molar-refractivity contribution < 1.29 is 27.8 Å². The monoisotopic (exact) mass is 471 g/mol. The van der Waals surface area contributed by atoms with Crippen molar-refractivity contribution in [2.24, 2.45) is 0 Å². The normalized spacial score (nSPS) is 17.5. The molecule has 1 fully saturated rings. The van der Waals surface area contributed by atoms with Gasteiger partial charge in [0.1, 0.15) is 5.75 Å². The molecule has 0 unspecified atom stereocenters. The molecular formula is C23H20F3N5O3. The lowest BCUT2D eigenvalue weighted by molar-refractivity contribution is -0.137. The predicted molar refractivity (Wildman–Crippen MR) is 117 cm³/mol. The molecule has 0 bridgehead atoms. The van der Waals surface area contributed by atoms with Crippen LogP contribution in [0.15, 0.2) is 66.5 Å². The van der Waals surface area contributed by atoms with Gasteiger partial charge in [0.15, 0.2) is 5.82 Å². The highest BCUT2D eigenvalue weighted by atomic mass is 19.4. The van der Waals surface area contributed by atoms with Crippen LogP contribution in [0.25, 0.3) is 6.08 Å². The van der Waals surface area contributed by atoms with E-state index in [2.05, 4.69) is 20.5 Å². The zero-order chi connectivity index (χ0) is 24.1. The Morgan fingerprint density at radius 3 is 2.74 bits per heavy atom. The van der Waals surface area contributed by atoms with E-state index in [-0.39, 0.29) is 18.5 Å². The third-order valence-corrected chi connectivity index (χ3v) is 5.08. The second kappa shape index (κ2) is 9.87. The van der Waals surface area contributed by atoms with Gasteiger partial charge in [-0.25, -0.2) is 9.78 Å². The van der Waals surface area contributed by atoms with Gasteiger partial charge in [-0.15, -0.1) is 5.10 Å². The quantitative estimate of drug-likeness (QED) is 0.586. The van der Waals surface area contributed by atoms with Crippen molar-refractivity contribution >= 4 is 17.9 Å². The van der Waals surface area contributed by atoms with Crippen LogP contribution in [0.1, 0.15) is 17.5 Å². The van der Waals surface area contributed by atoms with Crippen molar-refractivity contribution in [2.75, 3.05) is 18.4 Å². The Bertz CT molecular complexity index is 1170. The molecule has 0 saturated carbocycles. The van der Waals surface area contributed by atoms with Gasteiger partial charge in [0.05, 0.1) is 18.2 Å². The lowest BCUT2D eigenvalue weighted by Gasteiger charge is -2.32.